The van der Waals surface area contributed by atoms with Gasteiger partial charge in [-0.3, -0.25) is 14.3 Å². The van der Waals surface area contributed by atoms with Gasteiger partial charge in [0.15, 0.2) is 5.82 Å². The van der Waals surface area contributed by atoms with Crippen LogP contribution >= 0.6 is 0 Å². The van der Waals surface area contributed by atoms with E-state index in [9.17, 15) is 22.8 Å². The number of pyridine rings is 1. The van der Waals surface area contributed by atoms with Gasteiger partial charge in [-0.15, -0.1) is 13.2 Å². The molecule has 5 rings (SSSR count). The summed E-state index contributed by atoms with van der Waals surface area (Å²) in [6.07, 6.45) is -4.94. The molecule has 0 radical (unpaired) electrons. The zero-order chi connectivity index (χ0) is 30.9. The summed E-state index contributed by atoms with van der Waals surface area (Å²) in [5, 5.41) is 2.37. The Bertz CT molecular complexity index is 1840. The van der Waals surface area contributed by atoms with Gasteiger partial charge in [-0.25, -0.2) is 13.8 Å². The second kappa shape index (κ2) is 11.4. The van der Waals surface area contributed by atoms with E-state index in [4.69, 9.17) is 4.74 Å². The van der Waals surface area contributed by atoms with Crippen molar-refractivity contribution >= 4 is 11.6 Å². The lowest BCUT2D eigenvalue weighted by Crippen LogP contribution is -2.23. The van der Waals surface area contributed by atoms with Crippen molar-refractivity contribution in [2.24, 2.45) is 7.05 Å². The number of hydrogen-bond acceptors (Lipinski definition) is 5. The highest BCUT2D eigenvalue weighted by Crippen LogP contribution is 2.34. The smallest absolute Gasteiger partial charge is 0.497 e. The molecule has 0 aliphatic rings. The zero-order valence-electron chi connectivity index (χ0n) is 22.4. The zero-order valence-corrected chi connectivity index (χ0v) is 22.4. The lowest BCUT2D eigenvalue weighted by Gasteiger charge is -2.13. The number of benzene rings is 3. The Morgan fingerprint density at radius 1 is 0.884 bits per heavy atom. The van der Waals surface area contributed by atoms with Crippen LogP contribution in [0.15, 0.2) is 89.7 Å². The number of rotatable bonds is 7. The molecule has 0 aliphatic heterocycles. The van der Waals surface area contributed by atoms with Gasteiger partial charge in [0.05, 0.1) is 18.4 Å². The van der Waals surface area contributed by atoms with Gasteiger partial charge in [-0.2, -0.15) is 4.68 Å². The van der Waals surface area contributed by atoms with Gasteiger partial charge in [0.1, 0.15) is 34.5 Å². The van der Waals surface area contributed by atoms with E-state index in [0.717, 1.165) is 51.3 Å². The van der Waals surface area contributed by atoms with Gasteiger partial charge in [-0.1, -0.05) is 36.4 Å². The highest BCUT2D eigenvalue weighted by Gasteiger charge is 2.31. The molecule has 2 aromatic heterocycles. The second-order valence-electron chi connectivity index (χ2n) is 9.10. The molecule has 220 valence electrons. The summed E-state index contributed by atoms with van der Waals surface area (Å²) in [6, 6.07) is 19.6. The van der Waals surface area contributed by atoms with E-state index in [1.807, 2.05) is 18.2 Å². The molecule has 0 atom stereocenters. The maximum absolute atomic E-state index is 15.3. The maximum Gasteiger partial charge on any atom is 0.573 e. The van der Waals surface area contributed by atoms with Gasteiger partial charge in [-0.05, 0) is 36.4 Å². The number of nitrogens with one attached hydrogen (secondary N) is 1. The highest BCUT2D eigenvalue weighted by molar-refractivity contribution is 6.06. The summed E-state index contributed by atoms with van der Waals surface area (Å²) in [6.45, 7) is 0. The first-order valence-electron chi connectivity index (χ1n) is 12.5. The first-order chi connectivity index (χ1) is 20.5. The third-order valence-electron chi connectivity index (χ3n) is 6.36. The summed E-state index contributed by atoms with van der Waals surface area (Å²) in [5.41, 5.74) is -1.27. The standard InChI is InChI=1S/C30H21F5N4O4/c1-38-27(25-21(31)15-20(42-2)16-22(25)32)26(37-28(40)18-11-13-19(14-12-18)43-30(33,34)35)29(41)39(38)24-10-6-9-23(36-24)17-7-4-3-5-8-17/h3-16H,1-2H3,(H,37,40). The number of halogens is 5. The Kier molecular flexibility index (Phi) is 7.72. The molecule has 0 fully saturated rings. The minimum atomic E-state index is -4.94. The number of amides is 1. The van der Waals surface area contributed by atoms with Crippen LogP contribution < -0.4 is 20.3 Å². The summed E-state index contributed by atoms with van der Waals surface area (Å²) < 4.78 is 79.2. The average Bonchev–Trinajstić information content (AvgIpc) is 3.21. The van der Waals surface area contributed by atoms with Crippen molar-refractivity contribution in [2.45, 2.75) is 6.36 Å². The van der Waals surface area contributed by atoms with Crippen molar-refractivity contribution in [3.8, 4) is 39.8 Å². The van der Waals surface area contributed by atoms with Crippen LogP contribution in [-0.4, -0.2) is 33.7 Å². The number of alkyl halides is 3. The molecule has 3 aromatic carbocycles. The highest BCUT2D eigenvalue weighted by atomic mass is 19.4. The predicted molar refractivity (Wildman–Crippen MR) is 147 cm³/mol. The second-order valence-corrected chi connectivity index (χ2v) is 9.10. The fourth-order valence-electron chi connectivity index (χ4n) is 4.46. The topological polar surface area (TPSA) is 87.4 Å². The van der Waals surface area contributed by atoms with Crippen molar-refractivity contribution in [3.63, 3.8) is 0 Å². The molecular weight excluding hydrogens is 575 g/mol. The fourth-order valence-corrected chi connectivity index (χ4v) is 4.46. The monoisotopic (exact) mass is 596 g/mol. The number of ether oxygens (including phenoxy) is 2. The van der Waals surface area contributed by atoms with Crippen molar-refractivity contribution in [2.75, 3.05) is 12.4 Å². The van der Waals surface area contributed by atoms with Crippen LogP contribution in [0, 0.1) is 11.6 Å². The Balaban J connectivity index is 1.64. The largest absolute Gasteiger partial charge is 0.573 e. The SMILES string of the molecule is COc1cc(F)c(-c2c(NC(=O)c3ccc(OC(F)(F)F)cc3)c(=O)n(-c3cccc(-c4ccccc4)n3)n2C)c(F)c1. The molecule has 2 heterocycles. The summed E-state index contributed by atoms with van der Waals surface area (Å²) in [7, 11) is 2.58. The van der Waals surface area contributed by atoms with Crippen LogP contribution in [0.3, 0.4) is 0 Å². The molecule has 1 amide bonds. The van der Waals surface area contributed by atoms with E-state index in [0.29, 0.717) is 5.69 Å². The summed E-state index contributed by atoms with van der Waals surface area (Å²) in [4.78, 5) is 31.5. The Labute approximate surface area is 240 Å². The van der Waals surface area contributed by atoms with Crippen LogP contribution in [-0.2, 0) is 7.05 Å². The average molecular weight is 597 g/mol. The van der Waals surface area contributed by atoms with Gasteiger partial charge in [0.2, 0.25) is 0 Å². The van der Waals surface area contributed by atoms with Crippen LogP contribution in [0.2, 0.25) is 0 Å². The lowest BCUT2D eigenvalue weighted by molar-refractivity contribution is -0.274. The van der Waals surface area contributed by atoms with E-state index in [2.05, 4.69) is 15.0 Å². The molecule has 0 saturated heterocycles. The van der Waals surface area contributed by atoms with Gasteiger partial charge in [0, 0.05) is 30.3 Å². The number of aromatic nitrogens is 3. The normalized spacial score (nSPS) is 11.3. The van der Waals surface area contributed by atoms with Gasteiger partial charge in [0.25, 0.3) is 11.5 Å². The van der Waals surface area contributed by atoms with Crippen LogP contribution in [0.25, 0.3) is 28.3 Å². The number of methoxy groups -OCH3 is 1. The van der Waals surface area contributed by atoms with Gasteiger partial charge < -0.3 is 14.8 Å². The maximum atomic E-state index is 15.3. The van der Waals surface area contributed by atoms with E-state index in [1.165, 1.54) is 20.2 Å². The molecule has 5 aromatic rings. The minimum absolute atomic E-state index is 0.0820. The predicted octanol–water partition coefficient (Wildman–Crippen LogP) is 6.34. The molecule has 0 spiro atoms. The number of carbonyl (C=O) groups excluding carboxylic acids is 1. The summed E-state index contributed by atoms with van der Waals surface area (Å²) >= 11 is 0. The molecular formula is C30H21F5N4O4. The van der Waals surface area contributed by atoms with Crippen LogP contribution in [0.1, 0.15) is 10.4 Å². The quantitative estimate of drug-likeness (QED) is 0.222. The van der Waals surface area contributed by atoms with E-state index in [-0.39, 0.29) is 22.8 Å². The van der Waals surface area contributed by atoms with Crippen LogP contribution in [0.5, 0.6) is 11.5 Å². The molecule has 13 heteroatoms. The lowest BCUT2D eigenvalue weighted by atomic mass is 10.1. The minimum Gasteiger partial charge on any atom is -0.497 e. The molecule has 0 saturated carbocycles. The van der Waals surface area contributed by atoms with Crippen molar-refractivity contribution < 1.29 is 36.2 Å². The van der Waals surface area contributed by atoms with Crippen LogP contribution in [0.4, 0.5) is 27.6 Å². The fraction of sp³-hybridized carbons (Fsp3) is 0.100. The first-order valence-corrected chi connectivity index (χ1v) is 12.5. The van der Waals surface area contributed by atoms with E-state index in [1.54, 1.807) is 24.3 Å². The van der Waals surface area contributed by atoms with E-state index >= 15 is 8.78 Å². The van der Waals surface area contributed by atoms with Gasteiger partial charge >= 0.3 is 6.36 Å². The molecule has 0 unspecified atom stereocenters. The van der Waals surface area contributed by atoms with E-state index < -0.39 is 46.5 Å². The molecule has 43 heavy (non-hydrogen) atoms. The Morgan fingerprint density at radius 2 is 1.53 bits per heavy atom. The van der Waals surface area contributed by atoms with Crippen molar-refractivity contribution in [3.05, 3.63) is 112 Å². The Hall–Kier alpha value is -5.46. The third-order valence-corrected chi connectivity index (χ3v) is 6.36. The molecule has 8 nitrogen and oxygen atoms in total. The summed E-state index contributed by atoms with van der Waals surface area (Å²) in [5.74, 6) is -3.71. The third kappa shape index (κ3) is 5.96. The molecule has 0 bridgehead atoms. The Morgan fingerprint density at radius 3 is 2.14 bits per heavy atom. The molecule has 0 aliphatic carbocycles. The van der Waals surface area contributed by atoms with Crippen molar-refractivity contribution in [1.82, 2.24) is 14.3 Å². The number of carbonyl (C=O) groups is 1. The number of nitrogens with zero attached hydrogens (tertiary/aromatic N) is 3. The van der Waals surface area contributed by atoms with Crippen molar-refractivity contribution in [1.29, 1.82) is 0 Å². The first kappa shape index (κ1) is 29.0. The number of hydrogen-bond donors (Lipinski definition) is 1. The number of anilines is 1. The molecule has 1 N–H and O–H groups in total.